The van der Waals surface area contributed by atoms with Crippen molar-refractivity contribution >= 4 is 29.5 Å². The van der Waals surface area contributed by atoms with Gasteiger partial charge in [0.2, 0.25) is 12.1 Å². The van der Waals surface area contributed by atoms with Gasteiger partial charge in [-0.05, 0) is 97.4 Å². The fourth-order valence-corrected chi connectivity index (χ4v) is 9.92. The number of allylic oxidation sites excluding steroid dienone is 1. The predicted molar refractivity (Wildman–Crippen MR) is 243 cm³/mol. The van der Waals surface area contributed by atoms with E-state index >= 15 is 0 Å². The number of aliphatic hydroxyl groups excluding tert-OH is 2. The number of alkyl halides is 1. The molecule has 0 aromatic heterocycles. The molecular weight excluding hydrogens is 857 g/mol. The van der Waals surface area contributed by atoms with Crippen LogP contribution in [0.2, 0.25) is 0 Å². The van der Waals surface area contributed by atoms with Crippen LogP contribution in [0.25, 0.3) is 0 Å². The first-order valence-corrected chi connectivity index (χ1v) is 23.4. The van der Waals surface area contributed by atoms with Crippen LogP contribution in [0.4, 0.5) is 14.0 Å². The first kappa shape index (κ1) is 48.0. The average molecular weight is 918 g/mol. The van der Waals surface area contributed by atoms with E-state index in [4.69, 9.17) is 45.3 Å². The molecule has 3 aromatic carbocycles. The van der Waals surface area contributed by atoms with E-state index < -0.39 is 42.0 Å². The Bertz CT molecular complexity index is 2100. The molecule has 2 aliphatic heterocycles. The van der Waals surface area contributed by atoms with Crippen molar-refractivity contribution in [2.75, 3.05) is 38.9 Å². The summed E-state index contributed by atoms with van der Waals surface area (Å²) in [5, 5.41) is 27.6. The van der Waals surface area contributed by atoms with Gasteiger partial charge in [-0.3, -0.25) is 4.90 Å². The van der Waals surface area contributed by atoms with E-state index in [1.807, 2.05) is 36.4 Å². The molecule has 2 amide bonds. The van der Waals surface area contributed by atoms with E-state index in [0.29, 0.717) is 61.5 Å². The van der Waals surface area contributed by atoms with Crippen molar-refractivity contribution in [2.45, 2.75) is 101 Å². The van der Waals surface area contributed by atoms with Crippen LogP contribution in [0.1, 0.15) is 86.8 Å². The molecule has 3 N–H and O–H groups in total. The van der Waals surface area contributed by atoms with Gasteiger partial charge in [0.25, 0.3) is 0 Å². The third-order valence-electron chi connectivity index (χ3n) is 12.7. The van der Waals surface area contributed by atoms with Gasteiger partial charge < -0.3 is 44.1 Å². The quantitative estimate of drug-likeness (QED) is 0.0408. The maximum Gasteiger partial charge on any atom is 0.412 e. The molecule has 7 atom stereocenters. The Labute approximate surface area is 385 Å². The smallest absolute Gasteiger partial charge is 0.412 e. The highest BCUT2D eigenvalue weighted by molar-refractivity contribution is 6.18. The van der Waals surface area contributed by atoms with Crippen molar-refractivity contribution in [3.05, 3.63) is 120 Å². The number of benzene rings is 3. The van der Waals surface area contributed by atoms with Crippen LogP contribution in [-0.4, -0.2) is 90.0 Å². The second-order valence-electron chi connectivity index (χ2n) is 17.0. The van der Waals surface area contributed by atoms with Crippen molar-refractivity contribution in [3.63, 3.8) is 0 Å². The first-order chi connectivity index (χ1) is 31.8. The van der Waals surface area contributed by atoms with Gasteiger partial charge in [-0.25, -0.2) is 14.0 Å². The monoisotopic (exact) mass is 917 g/mol. The molecule has 4 aliphatic rings. The molecule has 1 saturated carbocycles. The van der Waals surface area contributed by atoms with Crippen LogP contribution in [0, 0.1) is 23.6 Å². The lowest BCUT2D eigenvalue weighted by atomic mass is 9.55. The molecule has 7 rings (SSSR count). The standard InChI is InChI=1S/C50H61ClFN3O10/c1-2-26-62-50-44(55(49(59)61-28-23-51)33-35-17-19-37(52)20-18-35)31-42(54-65-45-16-8-11-27-60-45)40-29-36(14-6-9-24-56)39(15-7-10-25-57)46(47(40)50)41-30-38(21-22-43(41)64-50)63-48(58)53-32-34-12-4-3-5-13-34/h2-5,12-13,17-22,29-30,36,39,44-47,56-57H,1,6-11,14-16,23-28,31-33H2,(H,53,58)/t36-,39+,44-,45?,46+,47+,50+/m0/s1. The van der Waals surface area contributed by atoms with Crippen molar-refractivity contribution in [1.82, 2.24) is 10.2 Å². The summed E-state index contributed by atoms with van der Waals surface area (Å²) in [5.41, 5.74) is 3.73. The molecule has 1 saturated heterocycles. The second kappa shape index (κ2) is 23.5. The van der Waals surface area contributed by atoms with Crippen molar-refractivity contribution in [3.8, 4) is 11.5 Å². The summed E-state index contributed by atoms with van der Waals surface area (Å²) in [6, 6.07) is 19.8. The zero-order valence-corrected chi connectivity index (χ0v) is 37.5. The highest BCUT2D eigenvalue weighted by Crippen LogP contribution is 2.62. The SMILES string of the molecule is C=CCO[C@@]12Oc3ccc(OC(=O)NCc4ccccc4)cc3[C@H]3[C@H](CCCCO)[C@@H](CCCCO)C=C(C(=NOC4CCCCO4)C[C@@H]1N(Cc1ccc(F)cc1)C(=O)OCCCl)[C@H]32. The summed E-state index contributed by atoms with van der Waals surface area (Å²) < 4.78 is 46.3. The number of nitrogens with one attached hydrogen (secondary N) is 1. The van der Waals surface area contributed by atoms with E-state index in [2.05, 4.69) is 18.0 Å². The number of halogens is 2. The molecular formula is C50H61ClFN3O10. The minimum absolute atomic E-state index is 0.00757. The summed E-state index contributed by atoms with van der Waals surface area (Å²) in [6.07, 6.45) is 8.74. The van der Waals surface area contributed by atoms with Crippen LogP contribution in [0.5, 0.6) is 11.5 Å². The van der Waals surface area contributed by atoms with E-state index in [-0.39, 0.29) is 69.6 Å². The van der Waals surface area contributed by atoms with Gasteiger partial charge in [0.1, 0.15) is 30.0 Å². The summed E-state index contributed by atoms with van der Waals surface area (Å²) in [7, 11) is 0. The Morgan fingerprint density at radius 1 is 1.00 bits per heavy atom. The van der Waals surface area contributed by atoms with E-state index in [1.165, 1.54) is 12.1 Å². The van der Waals surface area contributed by atoms with Crippen molar-refractivity contribution < 1.29 is 52.7 Å². The number of carbonyl (C=O) groups is 2. The summed E-state index contributed by atoms with van der Waals surface area (Å²) in [5.74, 6) is -2.32. The minimum atomic E-state index is -1.60. The fourth-order valence-electron chi connectivity index (χ4n) is 9.84. The molecule has 2 aliphatic carbocycles. The van der Waals surface area contributed by atoms with Gasteiger partial charge in [-0.2, -0.15) is 0 Å². The topological polar surface area (TPSA) is 158 Å². The van der Waals surface area contributed by atoms with Crippen LogP contribution >= 0.6 is 11.6 Å². The molecule has 65 heavy (non-hydrogen) atoms. The molecule has 15 heteroatoms. The van der Waals surface area contributed by atoms with E-state index in [1.54, 1.807) is 35.2 Å². The van der Waals surface area contributed by atoms with Gasteiger partial charge >= 0.3 is 12.2 Å². The zero-order chi connectivity index (χ0) is 45.6. The lowest BCUT2D eigenvalue weighted by Crippen LogP contribution is -2.70. The number of unbranched alkanes of at least 4 members (excludes halogenated alkanes) is 2. The van der Waals surface area contributed by atoms with E-state index in [9.17, 15) is 24.2 Å². The number of carbonyl (C=O) groups excluding carboxylic acids is 2. The minimum Gasteiger partial charge on any atom is -0.459 e. The number of rotatable bonds is 21. The van der Waals surface area contributed by atoms with Crippen LogP contribution in [0.15, 0.2) is 102 Å². The maximum atomic E-state index is 14.5. The van der Waals surface area contributed by atoms with Gasteiger partial charge in [0, 0.05) is 50.6 Å². The predicted octanol–water partition coefficient (Wildman–Crippen LogP) is 9.15. The number of hydrogen-bond acceptors (Lipinski definition) is 11. The molecule has 3 aromatic rings. The van der Waals surface area contributed by atoms with Crippen LogP contribution in [0.3, 0.4) is 0 Å². The van der Waals surface area contributed by atoms with Crippen LogP contribution in [-0.2, 0) is 32.1 Å². The number of ether oxygens (including phenoxy) is 5. The zero-order valence-electron chi connectivity index (χ0n) is 36.8. The molecule has 2 heterocycles. The van der Waals surface area contributed by atoms with E-state index in [0.717, 1.165) is 42.4 Å². The number of oxime groups is 1. The van der Waals surface area contributed by atoms with Gasteiger partial charge in [-0.15, -0.1) is 18.2 Å². The average Bonchev–Trinajstić information content (AvgIpc) is 3.33. The van der Waals surface area contributed by atoms with Gasteiger partial charge in [-0.1, -0.05) is 72.6 Å². The summed E-state index contributed by atoms with van der Waals surface area (Å²) >= 11 is 6.08. The molecule has 13 nitrogen and oxygen atoms in total. The molecule has 1 unspecified atom stereocenters. The molecule has 2 fully saturated rings. The van der Waals surface area contributed by atoms with Crippen LogP contribution < -0.4 is 14.8 Å². The Kier molecular flexibility index (Phi) is 17.3. The largest absolute Gasteiger partial charge is 0.459 e. The van der Waals surface area contributed by atoms with Crippen molar-refractivity contribution in [1.29, 1.82) is 0 Å². The number of fused-ring (bicyclic) bond motifs is 2. The molecule has 0 radical (unpaired) electrons. The number of aliphatic hydroxyl groups is 2. The molecule has 0 bridgehead atoms. The summed E-state index contributed by atoms with van der Waals surface area (Å²) in [4.78, 5) is 35.6. The third-order valence-corrected chi connectivity index (χ3v) is 12.9. The Balaban J connectivity index is 1.41. The molecule has 0 spiro atoms. The highest BCUT2D eigenvalue weighted by atomic mass is 35.5. The van der Waals surface area contributed by atoms with Crippen molar-refractivity contribution in [2.24, 2.45) is 22.9 Å². The highest BCUT2D eigenvalue weighted by Gasteiger charge is 2.65. The third kappa shape index (κ3) is 11.7. The number of amides is 2. The Hall–Kier alpha value is -4.99. The lowest BCUT2D eigenvalue weighted by Gasteiger charge is -2.59. The maximum absolute atomic E-state index is 14.5. The second-order valence-corrected chi connectivity index (χ2v) is 17.3. The number of hydrogen-bond donors (Lipinski definition) is 3. The Morgan fingerprint density at radius 2 is 1.78 bits per heavy atom. The normalized spacial score (nSPS) is 25.0. The van der Waals surface area contributed by atoms with Gasteiger partial charge in [0.05, 0.1) is 30.7 Å². The number of nitrogens with zero attached hydrogens (tertiary/aromatic N) is 2. The fraction of sp³-hybridized carbons (Fsp3) is 0.500. The summed E-state index contributed by atoms with van der Waals surface area (Å²) in [6.45, 7) is 4.87. The Morgan fingerprint density at radius 3 is 2.51 bits per heavy atom. The molecule has 350 valence electrons. The lowest BCUT2D eigenvalue weighted by molar-refractivity contribution is -0.256. The first-order valence-electron chi connectivity index (χ1n) is 22.9. The van der Waals surface area contributed by atoms with Gasteiger partial charge in [0.15, 0.2) is 0 Å².